The van der Waals surface area contributed by atoms with E-state index in [-0.39, 0.29) is 18.1 Å². The van der Waals surface area contributed by atoms with Gasteiger partial charge in [0.1, 0.15) is 11.6 Å². The molecule has 0 spiro atoms. The Morgan fingerprint density at radius 2 is 1.88 bits per heavy atom. The van der Waals surface area contributed by atoms with Crippen molar-refractivity contribution in [2.45, 2.75) is 18.7 Å². The number of hydrogen-bond acceptors (Lipinski definition) is 4. The third-order valence-corrected chi connectivity index (χ3v) is 6.49. The number of nitrogens with zero attached hydrogens (tertiary/aromatic N) is 1. The van der Waals surface area contributed by atoms with E-state index < -0.39 is 10.0 Å². The predicted octanol–water partition coefficient (Wildman–Crippen LogP) is 4.05. The Balaban J connectivity index is 1.76. The molecular weight excluding hydrogens is 361 g/mol. The number of benzene rings is 1. The van der Waals surface area contributed by atoms with Gasteiger partial charge in [-0.1, -0.05) is 18.2 Å². The van der Waals surface area contributed by atoms with Crippen LogP contribution in [0.5, 0.6) is 0 Å². The molecule has 0 bridgehead atoms. The summed E-state index contributed by atoms with van der Waals surface area (Å²) in [6.07, 6.45) is 2.17. The first-order valence-corrected chi connectivity index (χ1v) is 10.3. The minimum absolute atomic E-state index is 0.168. The van der Waals surface area contributed by atoms with Gasteiger partial charge in [-0.05, 0) is 47.7 Å². The molecule has 0 N–H and O–H groups in total. The Hall–Kier alpha value is -1.96. The summed E-state index contributed by atoms with van der Waals surface area (Å²) in [6.45, 7) is 0.548. The SMILES string of the molecule is O=S(=O)(Cc1ccc(F)cc1)N(CCc1cccs1)Cc1ccco1. The number of sulfonamides is 1. The van der Waals surface area contributed by atoms with E-state index in [4.69, 9.17) is 4.42 Å². The molecular formula is C18H18FNO3S2. The third kappa shape index (κ3) is 5.01. The normalized spacial score (nSPS) is 11.9. The molecule has 0 fully saturated rings. The van der Waals surface area contributed by atoms with E-state index >= 15 is 0 Å². The number of furan rings is 1. The van der Waals surface area contributed by atoms with E-state index in [0.717, 1.165) is 4.88 Å². The van der Waals surface area contributed by atoms with Crippen molar-refractivity contribution in [3.05, 3.63) is 82.2 Å². The van der Waals surface area contributed by atoms with Gasteiger partial charge in [0.25, 0.3) is 0 Å². The summed E-state index contributed by atoms with van der Waals surface area (Å²) in [5, 5.41) is 1.97. The smallest absolute Gasteiger partial charge is 0.218 e. The molecule has 0 aliphatic heterocycles. The van der Waals surface area contributed by atoms with Crippen LogP contribution in [0, 0.1) is 5.82 Å². The Morgan fingerprint density at radius 3 is 2.52 bits per heavy atom. The maximum absolute atomic E-state index is 13.0. The monoisotopic (exact) mass is 379 g/mol. The number of thiophene rings is 1. The van der Waals surface area contributed by atoms with Gasteiger partial charge in [0.2, 0.25) is 10.0 Å². The topological polar surface area (TPSA) is 50.5 Å². The predicted molar refractivity (Wildman–Crippen MR) is 96.2 cm³/mol. The van der Waals surface area contributed by atoms with Gasteiger partial charge in [-0.15, -0.1) is 11.3 Å². The lowest BCUT2D eigenvalue weighted by Gasteiger charge is -2.21. The molecule has 25 heavy (non-hydrogen) atoms. The Labute approximate surface area is 150 Å². The summed E-state index contributed by atoms with van der Waals surface area (Å²) >= 11 is 1.60. The Morgan fingerprint density at radius 1 is 1.08 bits per heavy atom. The van der Waals surface area contributed by atoms with Crippen LogP contribution in [-0.4, -0.2) is 19.3 Å². The molecule has 4 nitrogen and oxygen atoms in total. The summed E-state index contributed by atoms with van der Waals surface area (Å²) in [6, 6.07) is 13.0. The second kappa shape index (κ2) is 7.95. The molecule has 0 saturated heterocycles. The largest absolute Gasteiger partial charge is 0.468 e. The highest BCUT2D eigenvalue weighted by Crippen LogP contribution is 2.18. The zero-order valence-corrected chi connectivity index (χ0v) is 15.1. The van der Waals surface area contributed by atoms with Gasteiger partial charge in [-0.2, -0.15) is 4.31 Å². The fraction of sp³-hybridized carbons (Fsp3) is 0.222. The van der Waals surface area contributed by atoms with Gasteiger partial charge < -0.3 is 4.42 Å². The number of rotatable bonds is 8. The molecule has 132 valence electrons. The second-order valence-corrected chi connectivity index (χ2v) is 8.63. The van der Waals surface area contributed by atoms with Crippen molar-refractivity contribution in [1.29, 1.82) is 0 Å². The van der Waals surface area contributed by atoms with Gasteiger partial charge in [0.15, 0.2) is 0 Å². The van der Waals surface area contributed by atoms with Crippen LogP contribution < -0.4 is 0 Å². The average Bonchev–Trinajstić information content (AvgIpc) is 3.26. The molecule has 0 atom stereocenters. The standard InChI is InChI=1S/C18H18FNO3S2/c19-16-7-5-15(6-8-16)14-25(21,22)20(13-17-3-1-11-23-17)10-9-18-4-2-12-24-18/h1-8,11-12H,9-10,13-14H2. The van der Waals surface area contributed by atoms with Crippen LogP contribution >= 0.6 is 11.3 Å². The first-order chi connectivity index (χ1) is 12.0. The summed E-state index contributed by atoms with van der Waals surface area (Å²) < 4.78 is 45.5. The summed E-state index contributed by atoms with van der Waals surface area (Å²) in [4.78, 5) is 1.13. The Kier molecular flexibility index (Phi) is 5.67. The molecule has 3 aromatic rings. The van der Waals surface area contributed by atoms with Crippen LogP contribution in [0.4, 0.5) is 4.39 Å². The maximum Gasteiger partial charge on any atom is 0.218 e. The quantitative estimate of drug-likeness (QED) is 0.593. The minimum atomic E-state index is -3.56. The molecule has 0 amide bonds. The maximum atomic E-state index is 13.0. The van der Waals surface area contributed by atoms with Crippen molar-refractivity contribution < 1.29 is 17.2 Å². The van der Waals surface area contributed by atoms with Crippen LogP contribution in [0.3, 0.4) is 0 Å². The molecule has 3 rings (SSSR count). The molecule has 0 aliphatic carbocycles. The summed E-state index contributed by atoms with van der Waals surface area (Å²) in [5.74, 6) is 0.0402. The first kappa shape index (κ1) is 17.8. The Bertz CT molecular complexity index is 873. The summed E-state index contributed by atoms with van der Waals surface area (Å²) in [7, 11) is -3.56. The van der Waals surface area contributed by atoms with Crippen LogP contribution in [0.25, 0.3) is 0 Å². The highest BCUT2D eigenvalue weighted by atomic mass is 32.2. The van der Waals surface area contributed by atoms with Crippen molar-refractivity contribution in [2.75, 3.05) is 6.54 Å². The fourth-order valence-electron chi connectivity index (χ4n) is 2.47. The van der Waals surface area contributed by atoms with Gasteiger partial charge >= 0.3 is 0 Å². The lowest BCUT2D eigenvalue weighted by molar-refractivity contribution is 0.366. The zero-order chi connectivity index (χ0) is 17.7. The minimum Gasteiger partial charge on any atom is -0.468 e. The average molecular weight is 379 g/mol. The van der Waals surface area contributed by atoms with Crippen LogP contribution in [-0.2, 0) is 28.7 Å². The van der Waals surface area contributed by atoms with Crippen LogP contribution in [0.15, 0.2) is 64.6 Å². The second-order valence-electron chi connectivity index (χ2n) is 5.62. The van der Waals surface area contributed by atoms with Gasteiger partial charge in [-0.25, -0.2) is 12.8 Å². The fourth-order valence-corrected chi connectivity index (χ4v) is 4.65. The number of hydrogen-bond donors (Lipinski definition) is 0. The highest BCUT2D eigenvalue weighted by Gasteiger charge is 2.23. The van der Waals surface area contributed by atoms with Crippen LogP contribution in [0.1, 0.15) is 16.2 Å². The van der Waals surface area contributed by atoms with E-state index in [1.807, 2.05) is 17.5 Å². The third-order valence-electron chi connectivity index (χ3n) is 3.76. The molecule has 0 aliphatic rings. The van der Waals surface area contributed by atoms with E-state index in [9.17, 15) is 12.8 Å². The first-order valence-electron chi connectivity index (χ1n) is 7.80. The van der Waals surface area contributed by atoms with E-state index in [1.165, 1.54) is 34.8 Å². The van der Waals surface area contributed by atoms with Crippen LogP contribution in [0.2, 0.25) is 0 Å². The molecule has 7 heteroatoms. The van der Waals surface area contributed by atoms with Crippen molar-refractivity contribution in [3.63, 3.8) is 0 Å². The van der Waals surface area contributed by atoms with E-state index in [0.29, 0.717) is 24.3 Å². The highest BCUT2D eigenvalue weighted by molar-refractivity contribution is 7.88. The molecule has 0 saturated carbocycles. The van der Waals surface area contributed by atoms with Crippen molar-refractivity contribution in [3.8, 4) is 0 Å². The lowest BCUT2D eigenvalue weighted by Crippen LogP contribution is -2.33. The molecule has 1 aromatic carbocycles. The molecule has 0 radical (unpaired) electrons. The van der Waals surface area contributed by atoms with Gasteiger partial charge in [-0.3, -0.25) is 0 Å². The molecule has 2 aromatic heterocycles. The van der Waals surface area contributed by atoms with Crippen molar-refractivity contribution in [2.24, 2.45) is 0 Å². The van der Waals surface area contributed by atoms with E-state index in [2.05, 4.69) is 0 Å². The molecule has 0 unspecified atom stereocenters. The summed E-state index contributed by atoms with van der Waals surface area (Å²) in [5.41, 5.74) is 0.557. The zero-order valence-electron chi connectivity index (χ0n) is 13.5. The van der Waals surface area contributed by atoms with Crippen molar-refractivity contribution in [1.82, 2.24) is 4.31 Å². The van der Waals surface area contributed by atoms with Crippen molar-refractivity contribution >= 4 is 21.4 Å². The van der Waals surface area contributed by atoms with Gasteiger partial charge in [0.05, 0.1) is 18.6 Å². The lowest BCUT2D eigenvalue weighted by atomic mass is 10.2. The van der Waals surface area contributed by atoms with Gasteiger partial charge in [0, 0.05) is 11.4 Å². The number of halogens is 1. The molecule has 2 heterocycles. The van der Waals surface area contributed by atoms with E-state index in [1.54, 1.807) is 23.5 Å².